The molecule has 0 aliphatic carbocycles. The minimum absolute atomic E-state index is 0. The van der Waals surface area contributed by atoms with Crippen molar-refractivity contribution in [2.45, 2.75) is 13.3 Å². The molecule has 1 aliphatic heterocycles. The Morgan fingerprint density at radius 3 is 2.71 bits per heavy atom. The maximum atomic E-state index is 13.9. The normalized spacial score (nSPS) is 17.6. The van der Waals surface area contributed by atoms with Crippen LogP contribution in [-0.4, -0.2) is 41.5 Å². The van der Waals surface area contributed by atoms with Gasteiger partial charge in [0, 0.05) is 36.5 Å². The molecule has 0 bridgehead atoms. The van der Waals surface area contributed by atoms with Gasteiger partial charge in [-0.3, -0.25) is 0 Å². The van der Waals surface area contributed by atoms with E-state index in [2.05, 4.69) is 27.2 Å². The Hall–Kier alpha value is -1.79. The number of anilines is 1. The van der Waals surface area contributed by atoms with Gasteiger partial charge in [0.1, 0.15) is 11.6 Å². The minimum Gasteiger partial charge on any atom is -0.354 e. The highest BCUT2D eigenvalue weighted by Gasteiger charge is 2.19. The maximum Gasteiger partial charge on any atom is 0.222 e. The van der Waals surface area contributed by atoms with Crippen molar-refractivity contribution < 1.29 is 8.78 Å². The summed E-state index contributed by atoms with van der Waals surface area (Å²) in [5.41, 5.74) is 1.55. The number of hydrogen-bond acceptors (Lipinski definition) is 4. The lowest BCUT2D eigenvalue weighted by atomic mass is 10.1. The number of nitrogens with zero attached hydrogens (tertiary/aromatic N) is 3. The summed E-state index contributed by atoms with van der Waals surface area (Å²) in [6.07, 6.45) is 2.75. The summed E-state index contributed by atoms with van der Waals surface area (Å²) in [5.74, 6) is -0.0579. The Balaban J connectivity index is 0.00000208. The van der Waals surface area contributed by atoms with Gasteiger partial charge in [-0.1, -0.05) is 0 Å². The molecule has 3 rings (SSSR count). The summed E-state index contributed by atoms with van der Waals surface area (Å²) in [5, 5.41) is 3.25. The van der Waals surface area contributed by atoms with E-state index < -0.39 is 11.6 Å². The van der Waals surface area contributed by atoms with Crippen LogP contribution in [0.1, 0.15) is 12.1 Å². The third-order valence-electron chi connectivity index (χ3n) is 4.24. The molecule has 2 heterocycles. The van der Waals surface area contributed by atoms with Crippen molar-refractivity contribution in [3.05, 3.63) is 41.7 Å². The number of halogens is 3. The third kappa shape index (κ3) is 4.19. The minimum atomic E-state index is -0.605. The van der Waals surface area contributed by atoms with E-state index >= 15 is 0 Å². The molecule has 1 saturated heterocycles. The number of nitrogens with one attached hydrogen (secondary N) is 1. The van der Waals surface area contributed by atoms with Crippen molar-refractivity contribution in [2.75, 3.05) is 32.0 Å². The Kier molecular flexibility index (Phi) is 6.07. The van der Waals surface area contributed by atoms with E-state index in [9.17, 15) is 8.78 Å². The van der Waals surface area contributed by atoms with E-state index in [4.69, 9.17) is 0 Å². The zero-order chi connectivity index (χ0) is 16.4. The van der Waals surface area contributed by atoms with Crippen molar-refractivity contribution >= 4 is 18.4 Å². The van der Waals surface area contributed by atoms with Gasteiger partial charge in [-0.25, -0.2) is 18.7 Å². The molecule has 1 aliphatic rings. The zero-order valence-corrected chi connectivity index (χ0v) is 14.5. The molecule has 24 heavy (non-hydrogen) atoms. The van der Waals surface area contributed by atoms with E-state index in [1.807, 2.05) is 0 Å². The lowest BCUT2D eigenvalue weighted by molar-refractivity contribution is 0.399. The molecule has 7 heteroatoms. The standard InChI is InChI=1S/C17H20F2N4.ClH/c1-11-15(14-4-3-13(18)7-16(14)19)9-21-17(22-11)20-8-12-5-6-23(2)10-12;/h3-4,7,9,12H,5-6,8,10H2,1-2H3,(H,20,21,22);1H. The number of benzene rings is 1. The summed E-state index contributed by atoms with van der Waals surface area (Å²) in [4.78, 5) is 11.0. The lowest BCUT2D eigenvalue weighted by Gasteiger charge is -2.13. The first-order valence-electron chi connectivity index (χ1n) is 7.74. The smallest absolute Gasteiger partial charge is 0.222 e. The van der Waals surface area contributed by atoms with Crippen LogP contribution in [0.15, 0.2) is 24.4 Å². The lowest BCUT2D eigenvalue weighted by Crippen LogP contribution is -2.20. The highest BCUT2D eigenvalue weighted by Crippen LogP contribution is 2.25. The van der Waals surface area contributed by atoms with Crippen molar-refractivity contribution in [3.63, 3.8) is 0 Å². The molecule has 1 N–H and O–H groups in total. The van der Waals surface area contributed by atoms with Crippen molar-refractivity contribution in [3.8, 4) is 11.1 Å². The molecule has 1 aromatic carbocycles. The van der Waals surface area contributed by atoms with Crippen molar-refractivity contribution in [1.29, 1.82) is 0 Å². The predicted octanol–water partition coefficient (Wildman–Crippen LogP) is 3.52. The second kappa shape index (κ2) is 7.85. The van der Waals surface area contributed by atoms with Gasteiger partial charge < -0.3 is 10.2 Å². The van der Waals surface area contributed by atoms with E-state index in [1.165, 1.54) is 18.6 Å². The molecule has 4 nitrogen and oxygen atoms in total. The van der Waals surface area contributed by atoms with E-state index in [-0.39, 0.29) is 12.4 Å². The van der Waals surface area contributed by atoms with Gasteiger partial charge in [-0.2, -0.15) is 0 Å². The number of likely N-dealkylation sites (tertiary alicyclic amines) is 1. The maximum absolute atomic E-state index is 13.9. The van der Waals surface area contributed by atoms with E-state index in [1.54, 1.807) is 13.1 Å². The van der Waals surface area contributed by atoms with Crippen LogP contribution in [0.4, 0.5) is 14.7 Å². The van der Waals surface area contributed by atoms with Gasteiger partial charge in [0.05, 0.1) is 5.69 Å². The van der Waals surface area contributed by atoms with Crippen LogP contribution in [0.5, 0.6) is 0 Å². The molecule has 1 fully saturated rings. The van der Waals surface area contributed by atoms with Crippen LogP contribution in [0, 0.1) is 24.5 Å². The van der Waals surface area contributed by atoms with Crippen LogP contribution < -0.4 is 5.32 Å². The molecular formula is C17H21ClF2N4. The van der Waals surface area contributed by atoms with Gasteiger partial charge in [-0.05, 0) is 45.0 Å². The fourth-order valence-electron chi connectivity index (χ4n) is 2.95. The average molecular weight is 355 g/mol. The first-order valence-corrected chi connectivity index (χ1v) is 7.74. The molecule has 0 radical (unpaired) electrons. The molecule has 0 spiro atoms. The van der Waals surface area contributed by atoms with Gasteiger partial charge >= 0.3 is 0 Å². The highest BCUT2D eigenvalue weighted by atomic mass is 35.5. The summed E-state index contributed by atoms with van der Waals surface area (Å²) in [7, 11) is 2.12. The van der Waals surface area contributed by atoms with Crippen LogP contribution in [0.25, 0.3) is 11.1 Å². The molecule has 0 amide bonds. The van der Waals surface area contributed by atoms with Crippen molar-refractivity contribution in [2.24, 2.45) is 5.92 Å². The Morgan fingerprint density at radius 2 is 2.08 bits per heavy atom. The third-order valence-corrected chi connectivity index (χ3v) is 4.24. The molecule has 0 saturated carbocycles. The monoisotopic (exact) mass is 354 g/mol. The first-order chi connectivity index (χ1) is 11.0. The van der Waals surface area contributed by atoms with Crippen LogP contribution in [-0.2, 0) is 0 Å². The van der Waals surface area contributed by atoms with Gasteiger partial charge in [0.25, 0.3) is 0 Å². The van der Waals surface area contributed by atoms with Crippen molar-refractivity contribution in [1.82, 2.24) is 14.9 Å². The second-order valence-corrected chi connectivity index (χ2v) is 6.11. The number of aryl methyl sites for hydroxylation is 1. The molecule has 1 aromatic heterocycles. The van der Waals surface area contributed by atoms with E-state index in [0.29, 0.717) is 28.7 Å². The Labute approximate surface area is 146 Å². The van der Waals surface area contributed by atoms with Crippen LogP contribution >= 0.6 is 12.4 Å². The summed E-state index contributed by atoms with van der Waals surface area (Å²) in [6, 6.07) is 3.52. The molecule has 2 aromatic rings. The van der Waals surface area contributed by atoms with Gasteiger partial charge in [0.2, 0.25) is 5.95 Å². The average Bonchev–Trinajstić information content (AvgIpc) is 2.92. The highest BCUT2D eigenvalue weighted by molar-refractivity contribution is 5.85. The largest absolute Gasteiger partial charge is 0.354 e. The molecular weight excluding hydrogens is 334 g/mol. The Bertz CT molecular complexity index is 711. The quantitative estimate of drug-likeness (QED) is 0.912. The van der Waals surface area contributed by atoms with Gasteiger partial charge in [-0.15, -0.1) is 12.4 Å². The number of rotatable bonds is 4. The predicted molar refractivity (Wildman–Crippen MR) is 93.5 cm³/mol. The summed E-state index contributed by atoms with van der Waals surface area (Å²) >= 11 is 0. The van der Waals surface area contributed by atoms with Gasteiger partial charge in [0.15, 0.2) is 0 Å². The zero-order valence-electron chi connectivity index (χ0n) is 13.7. The molecule has 1 atom stereocenters. The van der Waals surface area contributed by atoms with E-state index in [0.717, 1.165) is 25.7 Å². The summed E-state index contributed by atoms with van der Waals surface area (Å²) in [6.45, 7) is 4.82. The Morgan fingerprint density at radius 1 is 1.29 bits per heavy atom. The molecule has 1 unspecified atom stereocenters. The van der Waals surface area contributed by atoms with Crippen LogP contribution in [0.3, 0.4) is 0 Å². The summed E-state index contributed by atoms with van der Waals surface area (Å²) < 4.78 is 26.9. The topological polar surface area (TPSA) is 41.1 Å². The first kappa shape index (κ1) is 18.5. The molecule has 130 valence electrons. The fourth-order valence-corrected chi connectivity index (χ4v) is 2.95. The second-order valence-electron chi connectivity index (χ2n) is 6.11. The number of aromatic nitrogens is 2. The fraction of sp³-hybridized carbons (Fsp3) is 0.412. The van der Waals surface area contributed by atoms with Crippen LogP contribution in [0.2, 0.25) is 0 Å². The SMILES string of the molecule is Cc1nc(NCC2CCN(C)C2)ncc1-c1ccc(F)cc1F.Cl. The number of hydrogen-bond donors (Lipinski definition) is 1.